The largest absolute Gasteiger partial charge is 0.481 e. The van der Waals surface area contributed by atoms with Gasteiger partial charge < -0.3 is 10.1 Å². The molecule has 0 saturated carbocycles. The minimum absolute atomic E-state index is 0.0801. The molecule has 1 unspecified atom stereocenters. The van der Waals surface area contributed by atoms with E-state index in [-0.39, 0.29) is 5.91 Å². The first-order chi connectivity index (χ1) is 10.1. The van der Waals surface area contributed by atoms with Gasteiger partial charge in [0.05, 0.1) is 0 Å². The number of hydrogen-bond acceptors (Lipinski definition) is 2. The van der Waals surface area contributed by atoms with Crippen LogP contribution in [0.4, 0.5) is 0 Å². The van der Waals surface area contributed by atoms with Gasteiger partial charge in [-0.15, -0.1) is 0 Å². The van der Waals surface area contributed by atoms with E-state index >= 15 is 0 Å². The van der Waals surface area contributed by atoms with Gasteiger partial charge >= 0.3 is 0 Å². The third-order valence-electron chi connectivity index (χ3n) is 3.31. The number of amides is 1. The number of hydrogen-bond donors (Lipinski definition) is 1. The molecule has 0 aliphatic rings. The molecule has 21 heavy (non-hydrogen) atoms. The maximum atomic E-state index is 11.9. The Morgan fingerprint density at radius 1 is 1.24 bits per heavy atom. The second-order valence-electron chi connectivity index (χ2n) is 5.28. The molecule has 0 fully saturated rings. The molecule has 1 rings (SSSR count). The third-order valence-corrected chi connectivity index (χ3v) is 3.54. The van der Waals surface area contributed by atoms with Crippen LogP contribution in [0.15, 0.2) is 24.3 Å². The van der Waals surface area contributed by atoms with Crippen LogP contribution in [0.1, 0.15) is 52.4 Å². The first-order valence-corrected chi connectivity index (χ1v) is 8.21. The SMILES string of the molecule is CCCCCCCCNC(=O)C(C)Oc1cccc(Cl)c1. The third kappa shape index (κ3) is 7.96. The number of rotatable bonds is 10. The molecular formula is C17H26ClNO2. The number of nitrogens with one attached hydrogen (secondary N) is 1. The first kappa shape index (κ1) is 17.8. The molecule has 1 aromatic rings. The Hall–Kier alpha value is -1.22. The van der Waals surface area contributed by atoms with Crippen molar-refractivity contribution in [2.24, 2.45) is 0 Å². The molecule has 0 saturated heterocycles. The van der Waals surface area contributed by atoms with E-state index in [1.54, 1.807) is 31.2 Å². The van der Waals surface area contributed by atoms with Crippen LogP contribution in [0.5, 0.6) is 5.75 Å². The molecule has 1 amide bonds. The summed E-state index contributed by atoms with van der Waals surface area (Å²) in [4.78, 5) is 11.9. The van der Waals surface area contributed by atoms with E-state index in [2.05, 4.69) is 12.2 Å². The van der Waals surface area contributed by atoms with Gasteiger partial charge in [0.15, 0.2) is 6.10 Å². The van der Waals surface area contributed by atoms with Crippen LogP contribution in [0.2, 0.25) is 5.02 Å². The van der Waals surface area contributed by atoms with Crippen molar-refractivity contribution in [3.8, 4) is 5.75 Å². The molecule has 1 atom stereocenters. The van der Waals surface area contributed by atoms with E-state index in [4.69, 9.17) is 16.3 Å². The van der Waals surface area contributed by atoms with Gasteiger partial charge in [0, 0.05) is 11.6 Å². The average molecular weight is 312 g/mol. The summed E-state index contributed by atoms with van der Waals surface area (Å²) in [5.41, 5.74) is 0. The molecule has 0 aromatic heterocycles. The van der Waals surface area contributed by atoms with Gasteiger partial charge in [-0.2, -0.15) is 0 Å². The minimum Gasteiger partial charge on any atom is -0.481 e. The summed E-state index contributed by atoms with van der Waals surface area (Å²) in [6.07, 6.45) is 6.79. The molecule has 0 spiro atoms. The standard InChI is InChI=1S/C17H26ClNO2/c1-3-4-5-6-7-8-12-19-17(20)14(2)21-16-11-9-10-15(18)13-16/h9-11,13-14H,3-8,12H2,1-2H3,(H,19,20). The Kier molecular flexibility index (Phi) is 8.91. The zero-order valence-electron chi connectivity index (χ0n) is 13.0. The lowest BCUT2D eigenvalue weighted by molar-refractivity contribution is -0.127. The normalized spacial score (nSPS) is 12.0. The second kappa shape index (κ2) is 10.5. The Morgan fingerprint density at radius 3 is 2.67 bits per heavy atom. The molecule has 0 bridgehead atoms. The summed E-state index contributed by atoms with van der Waals surface area (Å²) in [6.45, 7) is 4.67. The molecule has 0 heterocycles. The van der Waals surface area contributed by atoms with E-state index in [9.17, 15) is 4.79 Å². The van der Waals surface area contributed by atoms with Gasteiger partial charge in [-0.25, -0.2) is 0 Å². The Bertz CT molecular complexity index is 423. The number of carbonyl (C=O) groups excluding carboxylic acids is 1. The maximum absolute atomic E-state index is 11.9. The Balaban J connectivity index is 2.16. The monoisotopic (exact) mass is 311 g/mol. The summed E-state index contributed by atoms with van der Waals surface area (Å²) in [5.74, 6) is 0.535. The summed E-state index contributed by atoms with van der Waals surface area (Å²) in [5, 5.41) is 3.52. The highest BCUT2D eigenvalue weighted by atomic mass is 35.5. The fourth-order valence-corrected chi connectivity index (χ4v) is 2.24. The lowest BCUT2D eigenvalue weighted by atomic mass is 10.1. The molecular weight excluding hydrogens is 286 g/mol. The van der Waals surface area contributed by atoms with Crippen LogP contribution in [0.25, 0.3) is 0 Å². The van der Waals surface area contributed by atoms with E-state index < -0.39 is 6.10 Å². The van der Waals surface area contributed by atoms with Crippen LogP contribution < -0.4 is 10.1 Å². The van der Waals surface area contributed by atoms with Gasteiger partial charge in [-0.1, -0.05) is 56.7 Å². The predicted molar refractivity (Wildman–Crippen MR) is 87.9 cm³/mol. The summed E-state index contributed by atoms with van der Waals surface area (Å²) >= 11 is 5.88. The van der Waals surface area contributed by atoms with Crippen molar-refractivity contribution in [2.45, 2.75) is 58.5 Å². The van der Waals surface area contributed by atoms with Crippen molar-refractivity contribution >= 4 is 17.5 Å². The van der Waals surface area contributed by atoms with Gasteiger partial charge in [0.2, 0.25) is 0 Å². The lowest BCUT2D eigenvalue weighted by Gasteiger charge is -2.14. The van der Waals surface area contributed by atoms with E-state index in [0.717, 1.165) is 6.42 Å². The van der Waals surface area contributed by atoms with Crippen molar-refractivity contribution in [2.75, 3.05) is 6.54 Å². The van der Waals surface area contributed by atoms with Gasteiger partial charge in [0.1, 0.15) is 5.75 Å². The number of unbranched alkanes of at least 4 members (excludes halogenated alkanes) is 5. The van der Waals surface area contributed by atoms with Crippen molar-refractivity contribution in [3.05, 3.63) is 29.3 Å². The van der Waals surface area contributed by atoms with Crippen molar-refractivity contribution in [3.63, 3.8) is 0 Å². The quantitative estimate of drug-likeness (QED) is 0.642. The molecule has 3 nitrogen and oxygen atoms in total. The molecule has 4 heteroatoms. The fourth-order valence-electron chi connectivity index (χ4n) is 2.06. The summed E-state index contributed by atoms with van der Waals surface area (Å²) < 4.78 is 5.57. The number of benzene rings is 1. The predicted octanol–water partition coefficient (Wildman–Crippen LogP) is 4.58. The van der Waals surface area contributed by atoms with E-state index in [0.29, 0.717) is 17.3 Å². The lowest BCUT2D eigenvalue weighted by Crippen LogP contribution is -2.36. The Morgan fingerprint density at radius 2 is 1.95 bits per heavy atom. The topological polar surface area (TPSA) is 38.3 Å². The molecule has 118 valence electrons. The maximum Gasteiger partial charge on any atom is 0.260 e. The smallest absolute Gasteiger partial charge is 0.260 e. The fraction of sp³-hybridized carbons (Fsp3) is 0.588. The van der Waals surface area contributed by atoms with Crippen LogP contribution in [0.3, 0.4) is 0 Å². The average Bonchev–Trinajstić information content (AvgIpc) is 2.46. The second-order valence-corrected chi connectivity index (χ2v) is 5.71. The van der Waals surface area contributed by atoms with Crippen molar-refractivity contribution in [1.29, 1.82) is 0 Å². The minimum atomic E-state index is -0.511. The Labute approximate surface area is 133 Å². The first-order valence-electron chi connectivity index (χ1n) is 7.83. The molecule has 0 aliphatic heterocycles. The summed E-state index contributed by atoms with van der Waals surface area (Å²) in [6, 6.07) is 7.08. The molecule has 0 radical (unpaired) electrons. The van der Waals surface area contributed by atoms with Gasteiger partial charge in [-0.05, 0) is 31.5 Å². The van der Waals surface area contributed by atoms with Crippen LogP contribution >= 0.6 is 11.6 Å². The summed E-state index contributed by atoms with van der Waals surface area (Å²) in [7, 11) is 0. The van der Waals surface area contributed by atoms with Crippen molar-refractivity contribution in [1.82, 2.24) is 5.32 Å². The zero-order valence-corrected chi connectivity index (χ0v) is 13.8. The van der Waals surface area contributed by atoms with E-state index in [1.807, 2.05) is 0 Å². The van der Waals surface area contributed by atoms with Gasteiger partial charge in [0.25, 0.3) is 5.91 Å². The van der Waals surface area contributed by atoms with Gasteiger partial charge in [-0.3, -0.25) is 4.79 Å². The molecule has 0 aliphatic carbocycles. The van der Waals surface area contributed by atoms with Crippen LogP contribution in [-0.4, -0.2) is 18.6 Å². The zero-order chi connectivity index (χ0) is 15.5. The van der Waals surface area contributed by atoms with Crippen LogP contribution in [0, 0.1) is 0 Å². The van der Waals surface area contributed by atoms with Crippen LogP contribution in [-0.2, 0) is 4.79 Å². The number of carbonyl (C=O) groups is 1. The van der Waals surface area contributed by atoms with E-state index in [1.165, 1.54) is 32.1 Å². The number of ether oxygens (including phenoxy) is 1. The molecule has 1 aromatic carbocycles. The highest BCUT2D eigenvalue weighted by molar-refractivity contribution is 6.30. The molecule has 1 N–H and O–H groups in total. The highest BCUT2D eigenvalue weighted by Gasteiger charge is 2.13. The highest BCUT2D eigenvalue weighted by Crippen LogP contribution is 2.18. The number of halogens is 1. The van der Waals surface area contributed by atoms with Crippen molar-refractivity contribution < 1.29 is 9.53 Å².